The SMILES string of the molecule is CCCCNC(=O)c1ccc(Nc2cc(-c3ccc(C)cc3)ncn2)cc1. The van der Waals surface area contributed by atoms with Gasteiger partial charge in [0.2, 0.25) is 0 Å². The lowest BCUT2D eigenvalue weighted by Crippen LogP contribution is -2.24. The molecule has 0 spiro atoms. The summed E-state index contributed by atoms with van der Waals surface area (Å²) in [4.78, 5) is 20.7. The monoisotopic (exact) mass is 360 g/mol. The van der Waals surface area contributed by atoms with E-state index >= 15 is 0 Å². The van der Waals surface area contributed by atoms with Crippen LogP contribution >= 0.6 is 0 Å². The summed E-state index contributed by atoms with van der Waals surface area (Å²) in [6.45, 7) is 4.87. The third kappa shape index (κ3) is 5.14. The van der Waals surface area contributed by atoms with Gasteiger partial charge in [-0.05, 0) is 37.6 Å². The molecule has 1 aromatic heterocycles. The van der Waals surface area contributed by atoms with Crippen LogP contribution in [0.1, 0.15) is 35.7 Å². The summed E-state index contributed by atoms with van der Waals surface area (Å²) in [5, 5.41) is 6.18. The standard InChI is InChI=1S/C22H24N4O/c1-3-4-13-23-22(27)18-9-11-19(12-10-18)26-21-14-20(24-15-25-21)17-7-5-16(2)6-8-17/h5-12,14-15H,3-4,13H2,1-2H3,(H,23,27)(H,24,25,26). The smallest absolute Gasteiger partial charge is 0.251 e. The maximum absolute atomic E-state index is 12.1. The van der Waals surface area contributed by atoms with Gasteiger partial charge in [0.15, 0.2) is 0 Å². The van der Waals surface area contributed by atoms with Gasteiger partial charge in [0.05, 0.1) is 5.69 Å². The average molecular weight is 360 g/mol. The number of aromatic nitrogens is 2. The lowest BCUT2D eigenvalue weighted by atomic mass is 10.1. The lowest BCUT2D eigenvalue weighted by Gasteiger charge is -2.09. The molecule has 0 atom stereocenters. The van der Waals surface area contributed by atoms with Crippen LogP contribution in [0, 0.1) is 6.92 Å². The van der Waals surface area contributed by atoms with Crippen molar-refractivity contribution in [1.29, 1.82) is 0 Å². The van der Waals surface area contributed by atoms with Crippen molar-refractivity contribution in [1.82, 2.24) is 15.3 Å². The van der Waals surface area contributed by atoms with E-state index in [0.717, 1.165) is 29.8 Å². The van der Waals surface area contributed by atoms with Crippen molar-refractivity contribution in [3.8, 4) is 11.3 Å². The van der Waals surface area contributed by atoms with E-state index in [9.17, 15) is 4.79 Å². The van der Waals surface area contributed by atoms with Gasteiger partial charge in [0.1, 0.15) is 12.1 Å². The fourth-order valence-corrected chi connectivity index (χ4v) is 2.64. The Morgan fingerprint density at radius 1 is 1.00 bits per heavy atom. The molecule has 0 aliphatic heterocycles. The van der Waals surface area contributed by atoms with Crippen LogP contribution in [0.2, 0.25) is 0 Å². The number of aryl methyl sites for hydroxylation is 1. The number of nitrogens with zero attached hydrogens (tertiary/aromatic N) is 2. The highest BCUT2D eigenvalue weighted by atomic mass is 16.1. The number of amides is 1. The molecule has 0 radical (unpaired) electrons. The Morgan fingerprint density at radius 2 is 1.74 bits per heavy atom. The van der Waals surface area contributed by atoms with Gasteiger partial charge in [-0.3, -0.25) is 4.79 Å². The van der Waals surface area contributed by atoms with Crippen molar-refractivity contribution in [2.45, 2.75) is 26.7 Å². The minimum Gasteiger partial charge on any atom is -0.352 e. The van der Waals surface area contributed by atoms with Gasteiger partial charge < -0.3 is 10.6 Å². The fourth-order valence-electron chi connectivity index (χ4n) is 2.64. The molecular formula is C22H24N4O. The Morgan fingerprint density at radius 3 is 2.44 bits per heavy atom. The summed E-state index contributed by atoms with van der Waals surface area (Å²) in [6.07, 6.45) is 3.60. The number of anilines is 2. The van der Waals surface area contributed by atoms with Gasteiger partial charge in [-0.25, -0.2) is 9.97 Å². The predicted molar refractivity (Wildman–Crippen MR) is 109 cm³/mol. The van der Waals surface area contributed by atoms with Crippen LogP contribution in [-0.2, 0) is 0 Å². The first-order valence-electron chi connectivity index (χ1n) is 9.20. The number of unbranched alkanes of at least 4 members (excludes halogenated alkanes) is 1. The molecule has 1 amide bonds. The maximum Gasteiger partial charge on any atom is 0.251 e. The van der Waals surface area contributed by atoms with Crippen molar-refractivity contribution in [3.05, 3.63) is 72.1 Å². The molecule has 1 heterocycles. The van der Waals surface area contributed by atoms with E-state index in [0.29, 0.717) is 17.9 Å². The van der Waals surface area contributed by atoms with E-state index in [1.165, 1.54) is 5.56 Å². The van der Waals surface area contributed by atoms with Gasteiger partial charge in [0, 0.05) is 29.4 Å². The molecule has 0 aliphatic carbocycles. The molecule has 0 unspecified atom stereocenters. The Bertz CT molecular complexity index is 889. The van der Waals surface area contributed by atoms with Crippen molar-refractivity contribution in [3.63, 3.8) is 0 Å². The molecule has 27 heavy (non-hydrogen) atoms. The van der Waals surface area contributed by atoms with Crippen LogP contribution in [0.3, 0.4) is 0 Å². The molecular weight excluding hydrogens is 336 g/mol. The molecule has 0 fully saturated rings. The molecule has 5 nitrogen and oxygen atoms in total. The number of benzene rings is 2. The number of nitrogens with one attached hydrogen (secondary N) is 2. The third-order valence-electron chi connectivity index (χ3n) is 4.25. The van der Waals surface area contributed by atoms with Gasteiger partial charge in [-0.1, -0.05) is 43.2 Å². The Labute approximate surface area is 159 Å². The largest absolute Gasteiger partial charge is 0.352 e. The van der Waals surface area contributed by atoms with Crippen LogP contribution in [0.25, 0.3) is 11.3 Å². The normalized spacial score (nSPS) is 10.4. The van der Waals surface area contributed by atoms with E-state index in [-0.39, 0.29) is 5.91 Å². The number of carbonyl (C=O) groups excluding carboxylic acids is 1. The number of hydrogen-bond donors (Lipinski definition) is 2. The molecule has 138 valence electrons. The fraction of sp³-hybridized carbons (Fsp3) is 0.227. The van der Waals surface area contributed by atoms with E-state index < -0.39 is 0 Å². The van der Waals surface area contributed by atoms with Gasteiger partial charge in [-0.15, -0.1) is 0 Å². The van der Waals surface area contributed by atoms with Crippen LogP contribution < -0.4 is 10.6 Å². The molecule has 0 saturated carbocycles. The molecule has 0 saturated heterocycles. The molecule has 0 bridgehead atoms. The van der Waals surface area contributed by atoms with Crippen LogP contribution in [-0.4, -0.2) is 22.4 Å². The van der Waals surface area contributed by atoms with Crippen molar-refractivity contribution in [2.24, 2.45) is 0 Å². The highest BCUT2D eigenvalue weighted by Crippen LogP contribution is 2.21. The van der Waals surface area contributed by atoms with E-state index in [2.05, 4.69) is 46.6 Å². The zero-order chi connectivity index (χ0) is 19.1. The molecule has 3 aromatic rings. The predicted octanol–water partition coefficient (Wildman–Crippen LogP) is 4.73. The molecule has 3 rings (SSSR count). The second-order valence-electron chi connectivity index (χ2n) is 6.47. The van der Waals surface area contributed by atoms with Crippen LogP contribution in [0.4, 0.5) is 11.5 Å². The first-order valence-corrected chi connectivity index (χ1v) is 9.20. The van der Waals surface area contributed by atoms with Gasteiger partial charge in [0.25, 0.3) is 5.91 Å². The second kappa shape index (κ2) is 8.94. The summed E-state index contributed by atoms with van der Waals surface area (Å²) in [7, 11) is 0. The molecule has 0 aliphatic rings. The summed E-state index contributed by atoms with van der Waals surface area (Å²) >= 11 is 0. The lowest BCUT2D eigenvalue weighted by molar-refractivity contribution is 0.0953. The number of hydrogen-bond acceptors (Lipinski definition) is 4. The zero-order valence-corrected chi connectivity index (χ0v) is 15.7. The first-order chi connectivity index (χ1) is 13.2. The highest BCUT2D eigenvalue weighted by Gasteiger charge is 2.06. The first kappa shape index (κ1) is 18.6. The van der Waals surface area contributed by atoms with Gasteiger partial charge in [-0.2, -0.15) is 0 Å². The Balaban J connectivity index is 1.67. The summed E-state index contributed by atoms with van der Waals surface area (Å²) in [5.74, 6) is 0.666. The van der Waals surface area contributed by atoms with Gasteiger partial charge >= 0.3 is 0 Å². The maximum atomic E-state index is 12.1. The van der Waals surface area contributed by atoms with E-state index in [4.69, 9.17) is 0 Å². The Kier molecular flexibility index (Phi) is 6.15. The van der Waals surface area contributed by atoms with Crippen LogP contribution in [0.5, 0.6) is 0 Å². The minimum absolute atomic E-state index is 0.0429. The summed E-state index contributed by atoms with van der Waals surface area (Å²) in [6, 6.07) is 17.5. The number of carbonyl (C=O) groups is 1. The van der Waals surface area contributed by atoms with Crippen molar-refractivity contribution >= 4 is 17.4 Å². The van der Waals surface area contributed by atoms with E-state index in [1.54, 1.807) is 6.33 Å². The third-order valence-corrected chi connectivity index (χ3v) is 4.25. The topological polar surface area (TPSA) is 66.9 Å². The highest BCUT2D eigenvalue weighted by molar-refractivity contribution is 5.94. The quantitative estimate of drug-likeness (QED) is 0.598. The summed E-state index contributed by atoms with van der Waals surface area (Å²) < 4.78 is 0. The minimum atomic E-state index is -0.0429. The zero-order valence-electron chi connectivity index (χ0n) is 15.7. The van der Waals surface area contributed by atoms with E-state index in [1.807, 2.05) is 42.5 Å². The summed E-state index contributed by atoms with van der Waals surface area (Å²) in [5.41, 5.74) is 4.64. The molecule has 2 aromatic carbocycles. The average Bonchev–Trinajstić information content (AvgIpc) is 2.69. The Hall–Kier alpha value is -3.21. The second-order valence-corrected chi connectivity index (χ2v) is 6.47. The van der Waals surface area contributed by atoms with Crippen molar-refractivity contribution < 1.29 is 4.79 Å². The molecule has 5 heteroatoms. The van der Waals surface area contributed by atoms with Crippen LogP contribution in [0.15, 0.2) is 60.9 Å². The number of rotatable bonds is 7. The van der Waals surface area contributed by atoms with Crippen molar-refractivity contribution in [2.75, 3.05) is 11.9 Å². The molecule has 2 N–H and O–H groups in total.